The van der Waals surface area contributed by atoms with Crippen molar-refractivity contribution in [3.63, 3.8) is 0 Å². The zero-order chi connectivity index (χ0) is 51.7. The molecule has 1 aliphatic carbocycles. The molecule has 9 rings (SSSR count). The third-order valence-electron chi connectivity index (χ3n) is 14.0. The van der Waals surface area contributed by atoms with Crippen molar-refractivity contribution in [1.29, 1.82) is 0 Å². The van der Waals surface area contributed by atoms with Crippen LogP contribution in [0.2, 0.25) is 0 Å². The van der Waals surface area contributed by atoms with E-state index in [1.165, 1.54) is 26.0 Å². The molecule has 6 aromatic carbocycles. The molecule has 0 bridgehead atoms. The fourth-order valence-electron chi connectivity index (χ4n) is 10.9. The molecular formula is C58H58N3O10S2+. The molecule has 0 fully saturated rings. The highest BCUT2D eigenvalue weighted by atomic mass is 32.2. The molecule has 0 spiro atoms. The van der Waals surface area contributed by atoms with Crippen molar-refractivity contribution in [2.24, 2.45) is 0 Å². The third kappa shape index (κ3) is 10.3. The lowest BCUT2D eigenvalue weighted by molar-refractivity contribution is -0.440. The molecule has 0 saturated carbocycles. The van der Waals surface area contributed by atoms with E-state index in [2.05, 4.69) is 114 Å². The topological polar surface area (TPSA) is 155 Å². The smallest absolute Gasteiger partial charge is 0.302 e. The summed E-state index contributed by atoms with van der Waals surface area (Å²) in [5.74, 6) is -0.720. The van der Waals surface area contributed by atoms with Crippen LogP contribution in [0.3, 0.4) is 0 Å². The van der Waals surface area contributed by atoms with Crippen LogP contribution in [-0.2, 0) is 49.4 Å². The van der Waals surface area contributed by atoms with E-state index in [1.807, 2.05) is 60.7 Å². The number of esters is 2. The van der Waals surface area contributed by atoms with Crippen molar-refractivity contribution in [3.8, 4) is 0 Å². The van der Waals surface area contributed by atoms with Gasteiger partial charge in [0, 0.05) is 64.6 Å². The largest absolute Gasteiger partial charge is 0.464 e. The van der Waals surface area contributed by atoms with E-state index >= 15 is 0 Å². The van der Waals surface area contributed by atoms with Crippen molar-refractivity contribution < 1.29 is 51.2 Å². The number of fused-ring (bicyclic) bond motifs is 6. The Hall–Kier alpha value is -6.85. The number of nitrogens with zero attached hydrogens (tertiary/aromatic N) is 3. The molecule has 73 heavy (non-hydrogen) atoms. The van der Waals surface area contributed by atoms with Crippen LogP contribution in [0.15, 0.2) is 178 Å². The summed E-state index contributed by atoms with van der Waals surface area (Å²) in [6, 6.07) is 39.4. The van der Waals surface area contributed by atoms with E-state index < -0.39 is 20.9 Å². The Morgan fingerprint density at radius 3 is 2.07 bits per heavy atom. The van der Waals surface area contributed by atoms with Gasteiger partial charge in [0.25, 0.3) is 10.1 Å². The second-order valence-electron chi connectivity index (χ2n) is 19.3. The van der Waals surface area contributed by atoms with Gasteiger partial charge in [0.1, 0.15) is 6.61 Å². The van der Waals surface area contributed by atoms with Crippen LogP contribution in [0, 0.1) is 0 Å². The molecule has 0 atom stereocenters. The fourth-order valence-corrected chi connectivity index (χ4v) is 11.8. The van der Waals surface area contributed by atoms with Gasteiger partial charge in [-0.25, -0.2) is 5.26 Å². The van der Waals surface area contributed by atoms with Gasteiger partial charge >= 0.3 is 11.9 Å². The zero-order valence-corrected chi connectivity index (χ0v) is 43.3. The molecular weight excluding hydrogens is 963 g/mol. The number of para-hydroxylation sites is 2. The Bertz CT molecular complexity index is 3380. The molecule has 0 aromatic heterocycles. The Kier molecular flexibility index (Phi) is 14.6. The molecule has 2 heterocycles. The van der Waals surface area contributed by atoms with Crippen LogP contribution >= 0.6 is 12.0 Å². The first-order valence-electron chi connectivity index (χ1n) is 24.2. The number of benzene rings is 6. The highest BCUT2D eigenvalue weighted by Gasteiger charge is 2.46. The summed E-state index contributed by atoms with van der Waals surface area (Å²) in [5, 5.41) is 16.3. The maximum atomic E-state index is 12.2. The highest BCUT2D eigenvalue weighted by Crippen LogP contribution is 2.52. The summed E-state index contributed by atoms with van der Waals surface area (Å²) in [4.78, 5) is 29.3. The van der Waals surface area contributed by atoms with Gasteiger partial charge in [0.15, 0.2) is 18.9 Å². The van der Waals surface area contributed by atoms with E-state index in [1.54, 1.807) is 6.07 Å². The second kappa shape index (κ2) is 20.9. The minimum atomic E-state index is -4.43. The molecule has 3 aliphatic rings. The average Bonchev–Trinajstić information content (AvgIpc) is 3.72. The summed E-state index contributed by atoms with van der Waals surface area (Å²) in [6.07, 6.45) is 11.3. The molecule has 0 amide bonds. The molecule has 2 N–H and O–H groups in total. The van der Waals surface area contributed by atoms with Crippen LogP contribution in [0.1, 0.15) is 71.9 Å². The number of rotatable bonds is 16. The number of hydrogen-bond acceptors (Lipinski definition) is 12. The standard InChI is InChI=1S/C58H57N3O10S2/c1-38(62)68-34-32-59-50-28-20-42-36-46(72-71-70-64)24-26-48(42)54(50)57(3,4)52(59)30-22-40-14-13-15-41(56(40)61(44-16-9-7-10-17-44)45-18-11-8-12-19-45)23-31-53-58(5,6)55-49-27-25-47(73(65,66)67)37-43(49)21-29-51(55)60(53)33-35-69-39(2)63/h7-12,16-31,36-37H,13-15,32-35H2,1-6H3,(H-,64,65,66,67)/p+1. The predicted octanol–water partition coefficient (Wildman–Crippen LogP) is 12.6. The van der Waals surface area contributed by atoms with Gasteiger partial charge in [-0.1, -0.05) is 85.6 Å². The van der Waals surface area contributed by atoms with Crippen molar-refractivity contribution in [1.82, 2.24) is 0 Å². The summed E-state index contributed by atoms with van der Waals surface area (Å²) in [5.41, 5.74) is 10.2. The first kappa shape index (κ1) is 51.1. The minimum absolute atomic E-state index is 0.149. The fraction of sp³-hybridized carbons (Fsp3) is 0.259. The molecule has 15 heteroatoms. The number of anilines is 3. The number of allylic oxidation sites excluding steroid dienone is 7. The lowest BCUT2D eigenvalue weighted by atomic mass is 9.78. The zero-order valence-electron chi connectivity index (χ0n) is 41.6. The molecule has 0 saturated heterocycles. The minimum Gasteiger partial charge on any atom is -0.464 e. The maximum Gasteiger partial charge on any atom is 0.302 e. The Balaban J connectivity index is 1.22. The summed E-state index contributed by atoms with van der Waals surface area (Å²) in [6.45, 7) is 12.7. The van der Waals surface area contributed by atoms with Crippen LogP contribution in [0.5, 0.6) is 0 Å². The summed E-state index contributed by atoms with van der Waals surface area (Å²) in [7, 11) is -4.43. The number of hydrogen-bond donors (Lipinski definition) is 2. The van der Waals surface area contributed by atoms with Crippen LogP contribution in [-0.4, -0.2) is 66.8 Å². The van der Waals surface area contributed by atoms with Gasteiger partial charge in [-0.3, -0.25) is 14.1 Å². The summed E-state index contributed by atoms with van der Waals surface area (Å²) < 4.78 is 52.4. The van der Waals surface area contributed by atoms with Gasteiger partial charge in [0.05, 0.1) is 34.6 Å². The molecule has 6 aromatic rings. The molecule has 0 unspecified atom stereocenters. The van der Waals surface area contributed by atoms with E-state index in [-0.39, 0.29) is 30.0 Å². The quantitative estimate of drug-likeness (QED) is 0.0236. The van der Waals surface area contributed by atoms with E-state index in [0.29, 0.717) is 18.5 Å². The van der Waals surface area contributed by atoms with Gasteiger partial charge in [-0.2, -0.15) is 13.0 Å². The van der Waals surface area contributed by atoms with Crippen molar-refractivity contribution in [2.75, 3.05) is 36.1 Å². The molecule has 2 aliphatic heterocycles. The Labute approximate surface area is 430 Å². The Morgan fingerprint density at radius 1 is 0.753 bits per heavy atom. The summed E-state index contributed by atoms with van der Waals surface area (Å²) >= 11 is 0.912. The van der Waals surface area contributed by atoms with E-state index in [9.17, 15) is 22.6 Å². The Morgan fingerprint density at radius 2 is 1.40 bits per heavy atom. The third-order valence-corrected chi connectivity index (χ3v) is 15.4. The number of ether oxygens (including phenoxy) is 2. The molecule has 0 radical (unpaired) electrons. The van der Waals surface area contributed by atoms with Crippen molar-refractivity contribution in [2.45, 2.75) is 81.4 Å². The monoisotopic (exact) mass is 1020 g/mol. The van der Waals surface area contributed by atoms with E-state index in [4.69, 9.17) is 19.1 Å². The lowest BCUT2D eigenvalue weighted by Gasteiger charge is -2.34. The number of carbonyl (C=O) groups excluding carboxylic acids is 2. The van der Waals surface area contributed by atoms with Crippen molar-refractivity contribution in [3.05, 3.63) is 179 Å². The second-order valence-corrected chi connectivity index (χ2v) is 21.5. The van der Waals surface area contributed by atoms with Crippen LogP contribution in [0.25, 0.3) is 21.5 Å². The predicted molar refractivity (Wildman–Crippen MR) is 286 cm³/mol. The normalized spacial score (nSPS) is 17.3. The SMILES string of the molecule is CC(=O)OCCN1C(=CC=C2CCCC(C=CC3=[N+](CCOC(C)=O)c4ccc5cc(SOOO)ccc5c4C3(C)C)=C2N(c2ccccc2)c2ccccc2)C(C)(C)c2c1ccc1cc(S(=O)(=O)O)ccc21. The van der Waals surface area contributed by atoms with Gasteiger partial charge in [-0.05, 0) is 138 Å². The first-order valence-corrected chi connectivity index (χ1v) is 26.4. The molecule has 13 nitrogen and oxygen atoms in total. The van der Waals surface area contributed by atoms with Crippen molar-refractivity contribution >= 4 is 84.1 Å². The molecule has 376 valence electrons. The van der Waals surface area contributed by atoms with Crippen LogP contribution in [0.4, 0.5) is 22.7 Å². The average molecular weight is 1020 g/mol. The van der Waals surface area contributed by atoms with Crippen LogP contribution < -0.4 is 9.80 Å². The first-order chi connectivity index (χ1) is 35.0. The highest BCUT2D eigenvalue weighted by molar-refractivity contribution is 7.94. The van der Waals surface area contributed by atoms with E-state index in [0.717, 1.165) is 114 Å². The maximum absolute atomic E-state index is 12.2. The number of carbonyl (C=O) groups is 2. The van der Waals surface area contributed by atoms with Gasteiger partial charge in [-0.15, -0.1) is 4.33 Å². The van der Waals surface area contributed by atoms with Gasteiger partial charge in [0.2, 0.25) is 5.69 Å². The van der Waals surface area contributed by atoms with Gasteiger partial charge < -0.3 is 19.3 Å². The lowest BCUT2D eigenvalue weighted by Crippen LogP contribution is -2.29.